The lowest BCUT2D eigenvalue weighted by Crippen LogP contribution is -2.22. The molecule has 0 fully saturated rings. The zero-order valence-corrected chi connectivity index (χ0v) is 19.0. The Hall–Kier alpha value is -3.98. The molecule has 0 aliphatic rings. The normalized spacial score (nSPS) is 11.1. The van der Waals surface area contributed by atoms with Gasteiger partial charge in [-0.05, 0) is 30.3 Å². The van der Waals surface area contributed by atoms with Crippen LogP contribution in [0.3, 0.4) is 0 Å². The molecule has 2 aromatic carbocycles. The van der Waals surface area contributed by atoms with Gasteiger partial charge in [0.2, 0.25) is 0 Å². The summed E-state index contributed by atoms with van der Waals surface area (Å²) in [6, 6.07) is 15.1. The van der Waals surface area contributed by atoms with Crippen LogP contribution in [0, 0.1) is 0 Å². The molecule has 0 atom stereocenters. The summed E-state index contributed by atoms with van der Waals surface area (Å²) in [5.41, 5.74) is 1.92. The molecular weight excluding hydrogens is 442 g/mol. The van der Waals surface area contributed by atoms with E-state index in [2.05, 4.69) is 15.3 Å². The number of amides is 1. The first-order valence-electron chi connectivity index (χ1n) is 10.2. The maximum atomic E-state index is 12.8. The summed E-state index contributed by atoms with van der Waals surface area (Å²) < 4.78 is 23.3. The Morgan fingerprint density at radius 1 is 1.06 bits per heavy atom. The van der Waals surface area contributed by atoms with Crippen molar-refractivity contribution >= 4 is 38.4 Å². The molecule has 33 heavy (non-hydrogen) atoms. The van der Waals surface area contributed by atoms with Crippen molar-refractivity contribution in [3.63, 3.8) is 0 Å². The molecule has 5 rings (SSSR count). The average Bonchev–Trinajstić information content (AvgIpc) is 3.58. The molecule has 0 aliphatic heterocycles. The van der Waals surface area contributed by atoms with E-state index in [0.717, 1.165) is 20.6 Å². The number of furan rings is 1. The highest BCUT2D eigenvalue weighted by molar-refractivity contribution is 7.21. The van der Waals surface area contributed by atoms with Crippen molar-refractivity contribution in [1.29, 1.82) is 0 Å². The second-order valence-corrected chi connectivity index (χ2v) is 8.25. The number of nitrogens with one attached hydrogen (secondary N) is 2. The SMILES string of the molecule is COc1cc(OC)c2cc(C(=O)NCc3ccc(-c4nc5ccccc5s4)o3)[nH]c2c1OC. The van der Waals surface area contributed by atoms with E-state index in [1.54, 1.807) is 44.8 Å². The topological polar surface area (TPSA) is 98.6 Å². The third-order valence-corrected chi connectivity index (χ3v) is 6.33. The number of H-pyrrole nitrogens is 1. The Morgan fingerprint density at radius 2 is 1.88 bits per heavy atom. The number of carbonyl (C=O) groups is 1. The highest BCUT2D eigenvalue weighted by Gasteiger charge is 2.20. The van der Waals surface area contributed by atoms with Crippen LogP contribution in [-0.4, -0.2) is 37.2 Å². The second kappa shape index (κ2) is 8.51. The van der Waals surface area contributed by atoms with E-state index in [9.17, 15) is 4.79 Å². The summed E-state index contributed by atoms with van der Waals surface area (Å²) in [6.45, 7) is 0.233. The molecule has 9 heteroatoms. The Kier molecular flexibility index (Phi) is 5.39. The van der Waals surface area contributed by atoms with Gasteiger partial charge in [0.1, 0.15) is 17.2 Å². The van der Waals surface area contributed by atoms with Crippen molar-refractivity contribution in [3.8, 4) is 28.0 Å². The van der Waals surface area contributed by atoms with E-state index in [0.29, 0.717) is 40.0 Å². The maximum absolute atomic E-state index is 12.8. The number of hydrogen-bond donors (Lipinski definition) is 2. The third kappa shape index (κ3) is 3.76. The van der Waals surface area contributed by atoms with Crippen molar-refractivity contribution in [2.75, 3.05) is 21.3 Å². The Labute approximate surface area is 193 Å². The molecular formula is C24H21N3O5S. The van der Waals surface area contributed by atoms with Crippen LogP contribution in [0.1, 0.15) is 16.2 Å². The van der Waals surface area contributed by atoms with E-state index < -0.39 is 0 Å². The molecule has 0 aliphatic carbocycles. The zero-order chi connectivity index (χ0) is 22.9. The largest absolute Gasteiger partial charge is 0.496 e. The molecule has 3 heterocycles. The smallest absolute Gasteiger partial charge is 0.268 e. The summed E-state index contributed by atoms with van der Waals surface area (Å²) in [7, 11) is 4.66. The molecule has 2 N–H and O–H groups in total. The molecule has 0 radical (unpaired) electrons. The van der Waals surface area contributed by atoms with E-state index in [1.165, 1.54) is 0 Å². The first-order valence-corrected chi connectivity index (χ1v) is 11.0. The Bertz CT molecular complexity index is 1430. The lowest BCUT2D eigenvalue weighted by Gasteiger charge is -2.11. The van der Waals surface area contributed by atoms with Gasteiger partial charge in [-0.1, -0.05) is 12.1 Å². The molecule has 0 unspecified atom stereocenters. The summed E-state index contributed by atoms with van der Waals surface area (Å²) in [5.74, 6) is 2.60. The lowest BCUT2D eigenvalue weighted by molar-refractivity contribution is 0.0944. The summed E-state index contributed by atoms with van der Waals surface area (Å²) in [5, 5.41) is 4.40. The van der Waals surface area contributed by atoms with Crippen LogP contribution in [0.25, 0.3) is 31.9 Å². The molecule has 5 aromatic rings. The van der Waals surface area contributed by atoms with Gasteiger partial charge in [-0.25, -0.2) is 4.98 Å². The minimum absolute atomic E-state index is 0.233. The predicted octanol–water partition coefficient (Wildman–Crippen LogP) is 4.99. The fourth-order valence-corrected chi connectivity index (χ4v) is 4.61. The molecule has 0 saturated heterocycles. The van der Waals surface area contributed by atoms with Gasteiger partial charge in [0.05, 0.1) is 43.6 Å². The van der Waals surface area contributed by atoms with Crippen LogP contribution in [0.2, 0.25) is 0 Å². The minimum Gasteiger partial charge on any atom is -0.496 e. The van der Waals surface area contributed by atoms with Gasteiger partial charge in [-0.3, -0.25) is 4.79 Å². The number of rotatable bonds is 7. The summed E-state index contributed by atoms with van der Waals surface area (Å²) in [4.78, 5) is 20.5. The first kappa shape index (κ1) is 20.9. The van der Waals surface area contributed by atoms with E-state index in [1.807, 2.05) is 36.4 Å². The lowest BCUT2D eigenvalue weighted by atomic mass is 10.2. The van der Waals surface area contributed by atoms with Gasteiger partial charge >= 0.3 is 0 Å². The van der Waals surface area contributed by atoms with Crippen molar-refractivity contribution in [1.82, 2.24) is 15.3 Å². The average molecular weight is 464 g/mol. The number of hydrogen-bond acceptors (Lipinski definition) is 7. The number of para-hydroxylation sites is 1. The maximum Gasteiger partial charge on any atom is 0.268 e. The van der Waals surface area contributed by atoms with Crippen molar-refractivity contribution in [2.45, 2.75) is 6.54 Å². The number of aromatic amines is 1. The molecule has 1 amide bonds. The molecule has 3 aromatic heterocycles. The van der Waals surface area contributed by atoms with E-state index in [4.69, 9.17) is 18.6 Å². The van der Waals surface area contributed by atoms with Gasteiger partial charge in [0, 0.05) is 11.5 Å². The van der Waals surface area contributed by atoms with Gasteiger partial charge in [-0.15, -0.1) is 11.3 Å². The fourth-order valence-electron chi connectivity index (χ4n) is 3.69. The van der Waals surface area contributed by atoms with Crippen LogP contribution in [0.5, 0.6) is 17.2 Å². The van der Waals surface area contributed by atoms with Crippen LogP contribution < -0.4 is 19.5 Å². The third-order valence-electron chi connectivity index (χ3n) is 5.27. The number of carbonyl (C=O) groups excluding carboxylic acids is 1. The van der Waals surface area contributed by atoms with E-state index in [-0.39, 0.29) is 12.5 Å². The van der Waals surface area contributed by atoms with Gasteiger partial charge < -0.3 is 28.9 Å². The highest BCUT2D eigenvalue weighted by Crippen LogP contribution is 2.41. The summed E-state index contributed by atoms with van der Waals surface area (Å²) in [6.07, 6.45) is 0. The van der Waals surface area contributed by atoms with Crippen molar-refractivity contribution in [2.24, 2.45) is 0 Å². The van der Waals surface area contributed by atoms with Crippen molar-refractivity contribution in [3.05, 3.63) is 60.0 Å². The first-order chi connectivity index (χ1) is 16.1. The quantitative estimate of drug-likeness (QED) is 0.353. The van der Waals surface area contributed by atoms with Gasteiger partial charge in [-0.2, -0.15) is 0 Å². The minimum atomic E-state index is -0.285. The standard InChI is InChI=1S/C24H21N3O5S/c1-29-18-11-19(30-2)22(31-3)21-14(18)10-16(26-21)23(28)25-12-13-8-9-17(32-13)24-27-15-6-4-5-7-20(15)33-24/h4-11,26H,12H2,1-3H3,(H,25,28). The van der Waals surface area contributed by atoms with Gasteiger partial charge in [0.15, 0.2) is 22.3 Å². The molecule has 0 bridgehead atoms. The zero-order valence-electron chi connectivity index (χ0n) is 18.2. The van der Waals surface area contributed by atoms with Crippen LogP contribution in [-0.2, 0) is 6.54 Å². The van der Waals surface area contributed by atoms with Crippen LogP contribution in [0.4, 0.5) is 0 Å². The fraction of sp³-hybridized carbons (Fsp3) is 0.167. The second-order valence-electron chi connectivity index (χ2n) is 7.22. The van der Waals surface area contributed by atoms with Crippen LogP contribution >= 0.6 is 11.3 Å². The molecule has 0 saturated carbocycles. The number of thiazole rings is 1. The number of fused-ring (bicyclic) bond motifs is 2. The number of nitrogens with zero attached hydrogens (tertiary/aromatic N) is 1. The molecule has 168 valence electrons. The number of aromatic nitrogens is 2. The van der Waals surface area contributed by atoms with Crippen LogP contribution in [0.15, 0.2) is 52.9 Å². The number of benzene rings is 2. The molecule has 0 spiro atoms. The Morgan fingerprint density at radius 3 is 2.64 bits per heavy atom. The summed E-state index contributed by atoms with van der Waals surface area (Å²) >= 11 is 1.57. The number of methoxy groups -OCH3 is 3. The monoisotopic (exact) mass is 463 g/mol. The van der Waals surface area contributed by atoms with Crippen molar-refractivity contribution < 1.29 is 23.4 Å². The number of ether oxygens (including phenoxy) is 3. The van der Waals surface area contributed by atoms with Gasteiger partial charge in [0.25, 0.3) is 5.91 Å². The van der Waals surface area contributed by atoms with E-state index >= 15 is 0 Å². The highest BCUT2D eigenvalue weighted by atomic mass is 32.1. The molecule has 8 nitrogen and oxygen atoms in total. The predicted molar refractivity (Wildman–Crippen MR) is 126 cm³/mol. The Balaban J connectivity index is 1.35.